The largest absolute Gasteiger partial charge is 0.492 e. The summed E-state index contributed by atoms with van der Waals surface area (Å²) in [7, 11) is 0. The third-order valence-corrected chi connectivity index (χ3v) is 2.64. The van der Waals surface area contributed by atoms with Gasteiger partial charge in [0.05, 0.1) is 0 Å². The summed E-state index contributed by atoms with van der Waals surface area (Å²) in [5.74, 6) is -4.24. The van der Waals surface area contributed by atoms with Crippen molar-refractivity contribution in [3.05, 3.63) is 27.8 Å². The summed E-state index contributed by atoms with van der Waals surface area (Å²) in [6.45, 7) is -0.931. The number of hydrogen-bond acceptors (Lipinski definition) is 2. The first-order chi connectivity index (χ1) is 7.80. The molecule has 1 rings (SSSR count). The van der Waals surface area contributed by atoms with Gasteiger partial charge in [0.25, 0.3) is 0 Å². The van der Waals surface area contributed by atoms with E-state index in [1.165, 1.54) is 12.1 Å². The van der Waals surface area contributed by atoms with Gasteiger partial charge in [-0.15, -0.1) is 0 Å². The predicted octanol–water partition coefficient (Wildman–Crippen LogP) is 2.93. The molecule has 0 spiro atoms. The van der Waals surface area contributed by atoms with Crippen LogP contribution in [-0.2, 0) is 4.79 Å². The van der Waals surface area contributed by atoms with Crippen molar-refractivity contribution in [1.82, 2.24) is 0 Å². The van der Waals surface area contributed by atoms with Crippen molar-refractivity contribution in [2.75, 3.05) is 6.61 Å². The van der Waals surface area contributed by atoms with Gasteiger partial charge in [-0.25, -0.2) is 0 Å². The molecule has 0 amide bonds. The number of carboxylic acid groups (broad SMARTS) is 1. The van der Waals surface area contributed by atoms with Crippen LogP contribution in [0.25, 0.3) is 0 Å². The number of carbonyl (C=O) groups is 1. The van der Waals surface area contributed by atoms with Crippen molar-refractivity contribution in [1.29, 1.82) is 0 Å². The highest BCUT2D eigenvalue weighted by atomic mass is 127. The number of rotatable bonds is 4. The van der Waals surface area contributed by atoms with Crippen LogP contribution >= 0.6 is 22.6 Å². The van der Waals surface area contributed by atoms with Crippen LogP contribution in [0.15, 0.2) is 24.3 Å². The Labute approximate surface area is 109 Å². The van der Waals surface area contributed by atoms with E-state index in [0.717, 1.165) is 3.57 Å². The molecule has 0 aliphatic heterocycles. The summed E-state index contributed by atoms with van der Waals surface area (Å²) < 4.78 is 42.5. The first-order valence-electron chi connectivity index (χ1n) is 4.48. The van der Waals surface area contributed by atoms with Gasteiger partial charge in [0.1, 0.15) is 12.4 Å². The zero-order valence-corrected chi connectivity index (χ0v) is 10.5. The highest BCUT2D eigenvalue weighted by molar-refractivity contribution is 14.1. The molecular weight excluding hydrogens is 352 g/mol. The van der Waals surface area contributed by atoms with Crippen molar-refractivity contribution in [2.45, 2.75) is 6.18 Å². The number of halogens is 4. The van der Waals surface area contributed by atoms with Crippen molar-refractivity contribution < 1.29 is 27.8 Å². The van der Waals surface area contributed by atoms with Crippen molar-refractivity contribution in [2.24, 2.45) is 5.92 Å². The Morgan fingerprint density at radius 3 is 2.29 bits per heavy atom. The summed E-state index contributed by atoms with van der Waals surface area (Å²) in [4.78, 5) is 10.4. The van der Waals surface area contributed by atoms with Crippen LogP contribution in [0.4, 0.5) is 13.2 Å². The third-order valence-electron chi connectivity index (χ3n) is 1.92. The second-order valence-corrected chi connectivity index (χ2v) is 4.44. The molecule has 0 bridgehead atoms. The number of alkyl halides is 3. The predicted molar refractivity (Wildman–Crippen MR) is 61.8 cm³/mol. The molecule has 0 saturated heterocycles. The lowest BCUT2D eigenvalue weighted by molar-refractivity contribution is -0.198. The molecule has 0 aromatic heterocycles. The van der Waals surface area contributed by atoms with Gasteiger partial charge in [-0.05, 0) is 46.9 Å². The van der Waals surface area contributed by atoms with E-state index >= 15 is 0 Å². The maximum Gasteiger partial charge on any atom is 0.405 e. The topological polar surface area (TPSA) is 46.5 Å². The summed E-state index contributed by atoms with van der Waals surface area (Å²) >= 11 is 2.03. The average molecular weight is 360 g/mol. The third kappa shape index (κ3) is 4.41. The molecule has 3 nitrogen and oxygen atoms in total. The number of carboxylic acids is 1. The van der Waals surface area contributed by atoms with E-state index in [4.69, 9.17) is 9.84 Å². The quantitative estimate of drug-likeness (QED) is 0.840. The first-order valence-corrected chi connectivity index (χ1v) is 5.56. The zero-order valence-electron chi connectivity index (χ0n) is 8.37. The lowest BCUT2D eigenvalue weighted by Gasteiger charge is -2.16. The average Bonchev–Trinajstić information content (AvgIpc) is 2.18. The number of ether oxygens (including phenoxy) is 1. The minimum absolute atomic E-state index is 0.209. The Kier molecular flexibility index (Phi) is 4.61. The molecule has 1 aromatic rings. The molecule has 0 saturated carbocycles. The molecule has 7 heteroatoms. The standard InChI is InChI=1S/C10H8F3IO3/c11-10(12,13)8(9(15)16)5-17-7-3-1-6(14)2-4-7/h1-4,8H,5H2,(H,15,16). The van der Waals surface area contributed by atoms with E-state index in [-0.39, 0.29) is 5.75 Å². The van der Waals surface area contributed by atoms with Crippen LogP contribution in [0.2, 0.25) is 0 Å². The summed E-state index contributed by atoms with van der Waals surface area (Å²) in [5, 5.41) is 8.43. The molecule has 0 fully saturated rings. The van der Waals surface area contributed by atoms with Gasteiger partial charge >= 0.3 is 12.1 Å². The second-order valence-electron chi connectivity index (χ2n) is 3.20. The van der Waals surface area contributed by atoms with Crippen molar-refractivity contribution in [3.63, 3.8) is 0 Å². The lowest BCUT2D eigenvalue weighted by atomic mass is 10.1. The Morgan fingerprint density at radius 2 is 1.88 bits per heavy atom. The molecule has 0 radical (unpaired) electrons. The Morgan fingerprint density at radius 1 is 1.35 bits per heavy atom. The van der Waals surface area contributed by atoms with Gasteiger partial charge in [-0.3, -0.25) is 4.79 Å². The maximum atomic E-state index is 12.3. The van der Waals surface area contributed by atoms with E-state index in [1.807, 2.05) is 22.6 Å². The fourth-order valence-corrected chi connectivity index (χ4v) is 1.38. The van der Waals surface area contributed by atoms with Gasteiger partial charge in [0, 0.05) is 3.57 Å². The highest BCUT2D eigenvalue weighted by Gasteiger charge is 2.45. The molecule has 0 heterocycles. The minimum atomic E-state index is -4.81. The van der Waals surface area contributed by atoms with Gasteiger partial charge in [-0.1, -0.05) is 0 Å². The van der Waals surface area contributed by atoms with Crippen molar-refractivity contribution >= 4 is 28.6 Å². The molecule has 0 aliphatic rings. The number of benzene rings is 1. The van der Waals surface area contributed by atoms with E-state index in [9.17, 15) is 18.0 Å². The van der Waals surface area contributed by atoms with Crippen LogP contribution < -0.4 is 4.74 Å². The van der Waals surface area contributed by atoms with E-state index in [2.05, 4.69) is 0 Å². The minimum Gasteiger partial charge on any atom is -0.492 e. The SMILES string of the molecule is O=C(O)C(COc1ccc(I)cc1)C(F)(F)F. The highest BCUT2D eigenvalue weighted by Crippen LogP contribution is 2.27. The van der Waals surface area contributed by atoms with E-state index in [0.29, 0.717) is 0 Å². The Balaban J connectivity index is 2.65. The van der Waals surface area contributed by atoms with Gasteiger partial charge < -0.3 is 9.84 Å². The summed E-state index contributed by atoms with van der Waals surface area (Å²) in [5.41, 5.74) is 0. The normalized spacial score (nSPS) is 13.2. The van der Waals surface area contributed by atoms with Gasteiger partial charge in [0.2, 0.25) is 0 Å². The Bertz CT molecular complexity index is 389. The lowest BCUT2D eigenvalue weighted by Crippen LogP contribution is -2.35. The number of hydrogen-bond donors (Lipinski definition) is 1. The monoisotopic (exact) mass is 360 g/mol. The van der Waals surface area contributed by atoms with Crippen LogP contribution in [0.1, 0.15) is 0 Å². The smallest absolute Gasteiger partial charge is 0.405 e. The van der Waals surface area contributed by atoms with Crippen LogP contribution in [-0.4, -0.2) is 23.9 Å². The molecule has 94 valence electrons. The van der Waals surface area contributed by atoms with Crippen molar-refractivity contribution in [3.8, 4) is 5.75 Å². The maximum absolute atomic E-state index is 12.3. The van der Waals surface area contributed by atoms with Crippen LogP contribution in [0.5, 0.6) is 5.75 Å². The molecule has 1 unspecified atom stereocenters. The first kappa shape index (κ1) is 14.1. The van der Waals surface area contributed by atoms with Crippen LogP contribution in [0.3, 0.4) is 0 Å². The van der Waals surface area contributed by atoms with Gasteiger partial charge in [-0.2, -0.15) is 13.2 Å². The molecule has 1 aromatic carbocycles. The fourth-order valence-electron chi connectivity index (χ4n) is 1.02. The molecule has 0 aliphatic carbocycles. The number of aliphatic carboxylic acids is 1. The zero-order chi connectivity index (χ0) is 13.1. The molecule has 17 heavy (non-hydrogen) atoms. The summed E-state index contributed by atoms with van der Waals surface area (Å²) in [6, 6.07) is 6.27. The second kappa shape index (κ2) is 5.56. The van der Waals surface area contributed by atoms with Gasteiger partial charge in [0.15, 0.2) is 5.92 Å². The summed E-state index contributed by atoms with van der Waals surface area (Å²) in [6.07, 6.45) is -4.81. The van der Waals surface area contributed by atoms with E-state index in [1.54, 1.807) is 12.1 Å². The molecule has 1 atom stereocenters. The Hall–Kier alpha value is -0.990. The van der Waals surface area contributed by atoms with E-state index < -0.39 is 24.7 Å². The fraction of sp³-hybridized carbons (Fsp3) is 0.300. The molecular formula is C10H8F3IO3. The van der Waals surface area contributed by atoms with Crippen LogP contribution in [0, 0.1) is 9.49 Å². The molecule has 1 N–H and O–H groups in total.